The van der Waals surface area contributed by atoms with Crippen molar-refractivity contribution in [3.8, 4) is 0 Å². The Morgan fingerprint density at radius 3 is 2.42 bits per heavy atom. The van der Waals surface area contributed by atoms with Gasteiger partial charge < -0.3 is 36.1 Å². The fourth-order valence-corrected chi connectivity index (χ4v) is 7.70. The number of anilines is 4. The third-order valence-corrected chi connectivity index (χ3v) is 11.1. The summed E-state index contributed by atoms with van der Waals surface area (Å²) < 4.78 is 11.2. The standard InChI is InChI=1S/C43H49N11O8/c55-37-9-7-34(41(58)52-37)54-42(59)29-2-1-3-32(39(29)43(54)60)45-14-18-61-20-21-62-19-15-46-38(56)25-53-16-11-28(12-17-53)49-40(57)30-24-47-36(22-33(30)48-27-5-6-27)51-35-8-4-26-23-44-13-10-31(26)50-35/h1-4,8,10,13,22-24,27-28,34,45H,5-7,9,11-12,14-21,25H2,(H,46,56)(H,49,57)(H,52,55,58)(H2,47,48,50,51). The average Bonchev–Trinajstić information content (AvgIpc) is 4.05. The first-order valence-electron chi connectivity index (χ1n) is 21.0. The minimum absolute atomic E-state index is 0.0252. The van der Waals surface area contributed by atoms with Crippen LogP contribution < -0.4 is 31.9 Å². The van der Waals surface area contributed by atoms with Crippen LogP contribution in [-0.2, 0) is 23.9 Å². The average molecular weight is 848 g/mol. The molecular formula is C43H49N11O8. The van der Waals surface area contributed by atoms with Gasteiger partial charge in [0.25, 0.3) is 17.7 Å². The Labute approximate surface area is 357 Å². The SMILES string of the molecule is O=C(CN1CCC(NC(=O)c2cnc(Nc3ccc4cnccc4n3)cc2NC2CC2)CC1)NCCOCCOCCNc1cccc2c1C(=O)N(C1CCC(=O)NC1=O)C2=O. The number of benzene rings is 1. The normalized spacial score (nSPS) is 18.1. The first kappa shape index (κ1) is 42.1. The Kier molecular flexibility index (Phi) is 13.2. The van der Waals surface area contributed by atoms with Crippen molar-refractivity contribution < 1.29 is 38.2 Å². The molecule has 19 heteroatoms. The highest BCUT2D eigenvalue weighted by molar-refractivity contribution is 6.25. The molecule has 0 radical (unpaired) electrons. The van der Waals surface area contributed by atoms with Crippen molar-refractivity contribution >= 4 is 69.4 Å². The Balaban J connectivity index is 0.687. The number of imide groups is 2. The Morgan fingerprint density at radius 2 is 1.63 bits per heavy atom. The lowest BCUT2D eigenvalue weighted by atomic mass is 10.0. The van der Waals surface area contributed by atoms with Crippen molar-refractivity contribution in [3.05, 3.63) is 77.7 Å². The van der Waals surface area contributed by atoms with Crippen molar-refractivity contribution in [3.63, 3.8) is 0 Å². The quantitative estimate of drug-likeness (QED) is 0.0586. The molecule has 1 aromatic carbocycles. The Morgan fingerprint density at radius 1 is 0.823 bits per heavy atom. The molecule has 4 aliphatic rings. The molecule has 6 heterocycles. The molecule has 1 atom stereocenters. The Bertz CT molecular complexity index is 2350. The summed E-state index contributed by atoms with van der Waals surface area (Å²) in [5, 5.41) is 19.1. The predicted octanol–water partition coefficient (Wildman–Crippen LogP) is 2.20. The fraction of sp³-hybridized carbons (Fsp3) is 0.419. The summed E-state index contributed by atoms with van der Waals surface area (Å²) in [7, 11) is 0. The molecule has 3 aliphatic heterocycles. The molecule has 0 bridgehead atoms. The van der Waals surface area contributed by atoms with Crippen LogP contribution >= 0.6 is 0 Å². The zero-order valence-corrected chi connectivity index (χ0v) is 34.1. The van der Waals surface area contributed by atoms with Gasteiger partial charge in [-0.05, 0) is 62.4 Å². The second-order valence-corrected chi connectivity index (χ2v) is 15.6. The molecule has 1 unspecified atom stereocenters. The number of amides is 6. The monoisotopic (exact) mass is 847 g/mol. The second-order valence-electron chi connectivity index (χ2n) is 15.6. The van der Waals surface area contributed by atoms with Crippen LogP contribution in [0.15, 0.2) is 61.1 Å². The van der Waals surface area contributed by atoms with Crippen LogP contribution in [0.2, 0.25) is 0 Å². The molecular weight excluding hydrogens is 799 g/mol. The van der Waals surface area contributed by atoms with Crippen molar-refractivity contribution in [1.82, 2.24) is 40.7 Å². The summed E-state index contributed by atoms with van der Waals surface area (Å²) in [5.41, 5.74) is 2.87. The van der Waals surface area contributed by atoms with Gasteiger partial charge in [0.2, 0.25) is 17.7 Å². The second kappa shape index (κ2) is 19.4. The number of carbonyl (C=O) groups is 6. The third kappa shape index (κ3) is 10.3. The summed E-state index contributed by atoms with van der Waals surface area (Å²) in [6.07, 6.45) is 8.73. The molecule has 6 N–H and O–H groups in total. The van der Waals surface area contributed by atoms with Gasteiger partial charge in [-0.1, -0.05) is 6.07 Å². The predicted molar refractivity (Wildman–Crippen MR) is 227 cm³/mol. The van der Waals surface area contributed by atoms with Crippen molar-refractivity contribution in [2.45, 2.75) is 56.7 Å². The van der Waals surface area contributed by atoms with Crippen molar-refractivity contribution in [2.24, 2.45) is 0 Å². The maximum Gasteiger partial charge on any atom is 0.264 e. The first-order chi connectivity index (χ1) is 30.2. The molecule has 1 aliphatic carbocycles. The number of fused-ring (bicyclic) bond motifs is 2. The number of pyridine rings is 3. The Hall–Kier alpha value is -6.57. The maximum absolute atomic E-state index is 13.5. The summed E-state index contributed by atoms with van der Waals surface area (Å²) >= 11 is 0. The van der Waals surface area contributed by atoms with Crippen LogP contribution in [0.5, 0.6) is 0 Å². The van der Waals surface area contributed by atoms with Gasteiger partial charge in [0.05, 0.1) is 60.9 Å². The molecule has 0 spiro atoms. The molecule has 2 saturated heterocycles. The molecule has 1 saturated carbocycles. The topological polar surface area (TPSA) is 238 Å². The lowest BCUT2D eigenvalue weighted by molar-refractivity contribution is -0.136. The van der Waals surface area contributed by atoms with E-state index >= 15 is 0 Å². The summed E-state index contributed by atoms with van der Waals surface area (Å²) in [6, 6.07) is 11.7. The van der Waals surface area contributed by atoms with Gasteiger partial charge in [-0.3, -0.25) is 48.9 Å². The zero-order valence-electron chi connectivity index (χ0n) is 34.1. The van der Waals surface area contributed by atoms with E-state index in [-0.39, 0.29) is 48.4 Å². The van der Waals surface area contributed by atoms with Crippen molar-refractivity contribution in [1.29, 1.82) is 0 Å². The van der Waals surface area contributed by atoms with E-state index in [1.165, 1.54) is 0 Å². The van der Waals surface area contributed by atoms with Crippen LogP contribution in [0.25, 0.3) is 10.9 Å². The van der Waals surface area contributed by atoms with E-state index in [1.54, 1.807) is 36.8 Å². The summed E-state index contributed by atoms with van der Waals surface area (Å²) in [5.74, 6) is -1.29. The number of ether oxygens (including phenoxy) is 2. The number of nitrogens with one attached hydrogen (secondary N) is 6. The highest BCUT2D eigenvalue weighted by Crippen LogP contribution is 2.33. The third-order valence-electron chi connectivity index (χ3n) is 11.1. The van der Waals surface area contributed by atoms with Gasteiger partial charge in [-0.2, -0.15) is 0 Å². The van der Waals surface area contributed by atoms with E-state index in [1.807, 2.05) is 24.3 Å². The molecule has 4 aromatic rings. The molecule has 6 amide bonds. The lowest BCUT2D eigenvalue weighted by Crippen LogP contribution is -2.54. The summed E-state index contributed by atoms with van der Waals surface area (Å²) in [4.78, 5) is 92.6. The lowest BCUT2D eigenvalue weighted by Gasteiger charge is -2.32. The van der Waals surface area contributed by atoms with Crippen LogP contribution in [0, 0.1) is 0 Å². The first-order valence-corrected chi connectivity index (χ1v) is 21.0. The smallest absolute Gasteiger partial charge is 0.264 e. The van der Waals surface area contributed by atoms with Gasteiger partial charge in [-0.15, -0.1) is 0 Å². The molecule has 3 aromatic heterocycles. The number of hydrogen-bond acceptors (Lipinski definition) is 15. The molecule has 3 fully saturated rings. The minimum Gasteiger partial charge on any atom is -0.382 e. The number of carbonyl (C=O) groups excluding carboxylic acids is 6. The maximum atomic E-state index is 13.5. The van der Waals surface area contributed by atoms with E-state index in [9.17, 15) is 28.8 Å². The van der Waals surface area contributed by atoms with Gasteiger partial charge in [0.15, 0.2) is 0 Å². The highest BCUT2D eigenvalue weighted by atomic mass is 16.5. The van der Waals surface area contributed by atoms with E-state index in [2.05, 4.69) is 51.8 Å². The van der Waals surface area contributed by atoms with E-state index in [0.29, 0.717) is 94.4 Å². The van der Waals surface area contributed by atoms with Crippen LogP contribution in [-0.4, -0.2) is 137 Å². The van der Waals surface area contributed by atoms with Crippen molar-refractivity contribution in [2.75, 3.05) is 75.1 Å². The number of likely N-dealkylation sites (tertiary alicyclic amines) is 1. The largest absolute Gasteiger partial charge is 0.382 e. The van der Waals surface area contributed by atoms with Gasteiger partial charge in [-0.25, -0.2) is 9.97 Å². The van der Waals surface area contributed by atoms with Crippen LogP contribution in [0.3, 0.4) is 0 Å². The molecule has 19 nitrogen and oxygen atoms in total. The number of piperidine rings is 2. The number of hydrogen-bond donors (Lipinski definition) is 6. The van der Waals surface area contributed by atoms with Crippen LogP contribution in [0.4, 0.5) is 23.0 Å². The molecule has 62 heavy (non-hydrogen) atoms. The fourth-order valence-electron chi connectivity index (χ4n) is 7.70. The van der Waals surface area contributed by atoms with Crippen LogP contribution in [0.1, 0.15) is 69.6 Å². The summed E-state index contributed by atoms with van der Waals surface area (Å²) in [6.45, 7) is 3.56. The molecule has 8 rings (SSSR count). The van der Waals surface area contributed by atoms with E-state index < -0.39 is 29.7 Å². The number of aromatic nitrogens is 3. The zero-order chi connectivity index (χ0) is 43.0. The van der Waals surface area contributed by atoms with E-state index in [4.69, 9.17) is 9.47 Å². The number of nitrogens with zero attached hydrogens (tertiary/aromatic N) is 5. The van der Waals surface area contributed by atoms with Gasteiger partial charge in [0.1, 0.15) is 17.7 Å². The molecule has 324 valence electrons. The van der Waals surface area contributed by atoms with Gasteiger partial charge in [0, 0.05) is 80.4 Å². The van der Waals surface area contributed by atoms with E-state index in [0.717, 1.165) is 34.3 Å². The number of rotatable bonds is 19. The highest BCUT2D eigenvalue weighted by Gasteiger charge is 2.45. The van der Waals surface area contributed by atoms with Gasteiger partial charge >= 0.3 is 0 Å². The minimum atomic E-state index is -1.03.